The summed E-state index contributed by atoms with van der Waals surface area (Å²) in [7, 11) is 0. The summed E-state index contributed by atoms with van der Waals surface area (Å²) in [6.07, 6.45) is 1.82. The van der Waals surface area contributed by atoms with Crippen LogP contribution in [0.5, 0.6) is 0 Å². The number of hydrogen-bond acceptors (Lipinski definition) is 2. The third-order valence-corrected chi connectivity index (χ3v) is 2.59. The van der Waals surface area contributed by atoms with Gasteiger partial charge in [0.25, 0.3) is 0 Å². The van der Waals surface area contributed by atoms with Crippen molar-refractivity contribution in [2.45, 2.75) is 45.8 Å². The van der Waals surface area contributed by atoms with Crippen LogP contribution in [-0.4, -0.2) is 17.7 Å². The minimum atomic E-state index is -0.404. The van der Waals surface area contributed by atoms with Crippen molar-refractivity contribution in [3.8, 4) is 0 Å². The van der Waals surface area contributed by atoms with E-state index in [2.05, 4.69) is 38.2 Å². The van der Waals surface area contributed by atoms with Gasteiger partial charge in [-0.05, 0) is 17.5 Å². The summed E-state index contributed by atoms with van der Waals surface area (Å²) in [6, 6.07) is 8.66. The van der Waals surface area contributed by atoms with Crippen molar-refractivity contribution in [3.63, 3.8) is 0 Å². The van der Waals surface area contributed by atoms with E-state index >= 15 is 0 Å². The minimum absolute atomic E-state index is 0.404. The minimum Gasteiger partial charge on any atom is -0.387 e. The highest BCUT2D eigenvalue weighted by Gasteiger charge is 2.08. The Bertz CT molecular complexity index is 309. The van der Waals surface area contributed by atoms with E-state index < -0.39 is 6.10 Å². The zero-order valence-electron chi connectivity index (χ0n) is 10.5. The first-order chi connectivity index (χ1) is 7.63. The van der Waals surface area contributed by atoms with Crippen LogP contribution < -0.4 is 5.32 Å². The van der Waals surface area contributed by atoms with Gasteiger partial charge in [0, 0.05) is 12.6 Å². The SMILES string of the molecule is CCCc1cccc(C(O)CNC(C)C)c1. The number of aryl methyl sites for hydroxylation is 1. The Balaban J connectivity index is 2.60. The molecule has 1 atom stereocenters. The molecule has 16 heavy (non-hydrogen) atoms. The van der Waals surface area contributed by atoms with E-state index in [-0.39, 0.29) is 0 Å². The molecular formula is C14H23NO. The molecule has 2 heteroatoms. The molecule has 0 aliphatic heterocycles. The van der Waals surface area contributed by atoms with Crippen molar-refractivity contribution in [3.05, 3.63) is 35.4 Å². The number of hydrogen-bond donors (Lipinski definition) is 2. The fourth-order valence-electron chi connectivity index (χ4n) is 1.71. The molecule has 2 N–H and O–H groups in total. The van der Waals surface area contributed by atoms with E-state index in [1.54, 1.807) is 0 Å². The van der Waals surface area contributed by atoms with Crippen molar-refractivity contribution in [2.24, 2.45) is 0 Å². The van der Waals surface area contributed by atoms with Gasteiger partial charge in [0.15, 0.2) is 0 Å². The first-order valence-corrected chi connectivity index (χ1v) is 6.13. The van der Waals surface area contributed by atoms with Gasteiger partial charge in [0.2, 0.25) is 0 Å². The predicted molar refractivity (Wildman–Crippen MR) is 68.5 cm³/mol. The van der Waals surface area contributed by atoms with E-state index in [1.165, 1.54) is 5.56 Å². The molecule has 0 radical (unpaired) electrons. The van der Waals surface area contributed by atoms with Crippen LogP contribution in [0, 0.1) is 0 Å². The average molecular weight is 221 g/mol. The molecule has 0 aliphatic rings. The molecule has 2 nitrogen and oxygen atoms in total. The van der Waals surface area contributed by atoms with Gasteiger partial charge in [-0.2, -0.15) is 0 Å². The maximum Gasteiger partial charge on any atom is 0.0914 e. The van der Waals surface area contributed by atoms with Gasteiger partial charge in [-0.3, -0.25) is 0 Å². The number of aliphatic hydroxyl groups excluding tert-OH is 1. The molecule has 0 aliphatic carbocycles. The molecule has 0 heterocycles. The lowest BCUT2D eigenvalue weighted by Crippen LogP contribution is -2.27. The lowest BCUT2D eigenvalue weighted by atomic mass is 10.0. The Morgan fingerprint density at radius 1 is 1.31 bits per heavy atom. The lowest BCUT2D eigenvalue weighted by molar-refractivity contribution is 0.171. The second-order valence-corrected chi connectivity index (χ2v) is 4.57. The molecule has 0 aromatic heterocycles. The second-order valence-electron chi connectivity index (χ2n) is 4.57. The summed E-state index contributed by atoms with van der Waals surface area (Å²) in [5, 5.41) is 13.2. The van der Waals surface area contributed by atoms with Crippen LogP contribution >= 0.6 is 0 Å². The van der Waals surface area contributed by atoms with Gasteiger partial charge in [-0.25, -0.2) is 0 Å². The van der Waals surface area contributed by atoms with E-state index in [0.29, 0.717) is 12.6 Å². The molecular weight excluding hydrogens is 198 g/mol. The maximum atomic E-state index is 10.00. The molecule has 1 aromatic carbocycles. The summed E-state index contributed by atoms with van der Waals surface area (Å²) >= 11 is 0. The van der Waals surface area contributed by atoms with E-state index in [0.717, 1.165) is 18.4 Å². The topological polar surface area (TPSA) is 32.3 Å². The van der Waals surface area contributed by atoms with Gasteiger partial charge in [-0.15, -0.1) is 0 Å². The molecule has 0 bridgehead atoms. The average Bonchev–Trinajstić information content (AvgIpc) is 2.26. The molecule has 1 rings (SSSR count). The number of benzene rings is 1. The fourth-order valence-corrected chi connectivity index (χ4v) is 1.71. The maximum absolute atomic E-state index is 10.00. The van der Waals surface area contributed by atoms with Crippen LogP contribution in [0.15, 0.2) is 24.3 Å². The summed E-state index contributed by atoms with van der Waals surface area (Å²) < 4.78 is 0. The molecule has 1 unspecified atom stereocenters. The molecule has 90 valence electrons. The van der Waals surface area contributed by atoms with Gasteiger partial charge >= 0.3 is 0 Å². The second kappa shape index (κ2) is 6.66. The molecule has 0 spiro atoms. The third kappa shape index (κ3) is 4.33. The first-order valence-electron chi connectivity index (χ1n) is 6.13. The van der Waals surface area contributed by atoms with Crippen LogP contribution in [-0.2, 0) is 6.42 Å². The Morgan fingerprint density at radius 2 is 2.06 bits per heavy atom. The number of nitrogens with one attached hydrogen (secondary N) is 1. The van der Waals surface area contributed by atoms with Crippen molar-refractivity contribution in [2.75, 3.05) is 6.54 Å². The van der Waals surface area contributed by atoms with E-state index in [9.17, 15) is 5.11 Å². The normalized spacial score (nSPS) is 13.1. The van der Waals surface area contributed by atoms with Gasteiger partial charge in [0.05, 0.1) is 6.10 Å². The lowest BCUT2D eigenvalue weighted by Gasteiger charge is -2.15. The number of rotatable bonds is 6. The van der Waals surface area contributed by atoms with Crippen molar-refractivity contribution in [1.29, 1.82) is 0 Å². The third-order valence-electron chi connectivity index (χ3n) is 2.59. The number of aliphatic hydroxyl groups is 1. The quantitative estimate of drug-likeness (QED) is 0.774. The van der Waals surface area contributed by atoms with Crippen LogP contribution in [0.4, 0.5) is 0 Å². The summed E-state index contributed by atoms with van der Waals surface area (Å²) in [6.45, 7) is 6.96. The Labute approximate surface area is 98.7 Å². The molecule has 0 saturated carbocycles. The van der Waals surface area contributed by atoms with Crippen LogP contribution in [0.1, 0.15) is 44.4 Å². The van der Waals surface area contributed by atoms with Crippen molar-refractivity contribution in [1.82, 2.24) is 5.32 Å². The van der Waals surface area contributed by atoms with Crippen LogP contribution in [0.3, 0.4) is 0 Å². The highest BCUT2D eigenvalue weighted by atomic mass is 16.3. The predicted octanol–water partition coefficient (Wildman–Crippen LogP) is 2.67. The van der Waals surface area contributed by atoms with Crippen molar-refractivity contribution < 1.29 is 5.11 Å². The van der Waals surface area contributed by atoms with Gasteiger partial charge < -0.3 is 10.4 Å². The molecule has 0 fully saturated rings. The van der Waals surface area contributed by atoms with Crippen molar-refractivity contribution >= 4 is 0 Å². The van der Waals surface area contributed by atoms with Gasteiger partial charge in [-0.1, -0.05) is 51.5 Å². The Morgan fingerprint density at radius 3 is 2.69 bits per heavy atom. The Hall–Kier alpha value is -0.860. The molecule has 0 amide bonds. The first kappa shape index (κ1) is 13.2. The summed E-state index contributed by atoms with van der Waals surface area (Å²) in [4.78, 5) is 0. The largest absolute Gasteiger partial charge is 0.387 e. The highest BCUT2D eigenvalue weighted by Crippen LogP contribution is 2.15. The monoisotopic (exact) mass is 221 g/mol. The van der Waals surface area contributed by atoms with Crippen LogP contribution in [0.2, 0.25) is 0 Å². The summed E-state index contributed by atoms with van der Waals surface area (Å²) in [5.74, 6) is 0. The molecule has 0 saturated heterocycles. The standard InChI is InChI=1S/C14H23NO/c1-4-6-12-7-5-8-13(9-12)14(16)10-15-11(2)3/h5,7-9,11,14-16H,4,6,10H2,1-3H3. The van der Waals surface area contributed by atoms with Crippen LogP contribution in [0.25, 0.3) is 0 Å². The zero-order valence-corrected chi connectivity index (χ0v) is 10.5. The van der Waals surface area contributed by atoms with E-state index in [4.69, 9.17) is 0 Å². The van der Waals surface area contributed by atoms with E-state index in [1.807, 2.05) is 12.1 Å². The summed E-state index contributed by atoms with van der Waals surface area (Å²) in [5.41, 5.74) is 2.32. The Kier molecular flexibility index (Phi) is 5.50. The smallest absolute Gasteiger partial charge is 0.0914 e. The highest BCUT2D eigenvalue weighted by molar-refractivity contribution is 5.25. The zero-order chi connectivity index (χ0) is 12.0. The fraction of sp³-hybridized carbons (Fsp3) is 0.571. The molecule has 1 aromatic rings. The van der Waals surface area contributed by atoms with Gasteiger partial charge in [0.1, 0.15) is 0 Å².